The van der Waals surface area contributed by atoms with E-state index in [1.807, 2.05) is 7.05 Å². The van der Waals surface area contributed by atoms with E-state index in [0.717, 1.165) is 37.4 Å². The van der Waals surface area contributed by atoms with Crippen molar-refractivity contribution in [2.45, 2.75) is 39.7 Å². The number of piperidine rings is 1. The van der Waals surface area contributed by atoms with Crippen molar-refractivity contribution < 1.29 is 0 Å². The maximum absolute atomic E-state index is 4.29. The van der Waals surface area contributed by atoms with Crippen LogP contribution in [-0.2, 0) is 6.54 Å². The minimum atomic E-state index is 0.857. The molecule has 136 valence electrons. The Kier molecular flexibility index (Phi) is 8.16. The molecule has 2 heterocycles. The molecule has 5 nitrogen and oxygen atoms in total. The molecular weight excluding hydrogens is 298 g/mol. The molecule has 2 N–H and O–H groups in total. The van der Waals surface area contributed by atoms with E-state index in [4.69, 9.17) is 0 Å². The molecule has 1 fully saturated rings. The van der Waals surface area contributed by atoms with Gasteiger partial charge in [0.2, 0.25) is 0 Å². The number of unbranched alkanes of at least 4 members (excludes halogenated alkanes) is 1. The fourth-order valence-corrected chi connectivity index (χ4v) is 3.69. The monoisotopic (exact) mass is 333 g/mol. The molecule has 24 heavy (non-hydrogen) atoms. The maximum Gasteiger partial charge on any atom is 0.191 e. The molecule has 1 aliphatic heterocycles. The number of nitrogens with one attached hydrogen (secondary N) is 2. The normalized spacial score (nSPS) is 22.5. The lowest BCUT2D eigenvalue weighted by Gasteiger charge is -2.34. The van der Waals surface area contributed by atoms with Gasteiger partial charge in [-0.2, -0.15) is 0 Å². The molecule has 2 atom stereocenters. The second-order valence-electron chi connectivity index (χ2n) is 7.26. The Hall–Kier alpha value is -1.49. The second kappa shape index (κ2) is 10.4. The molecule has 1 aromatic heterocycles. The molecule has 0 saturated carbocycles. The molecule has 0 spiro atoms. The summed E-state index contributed by atoms with van der Waals surface area (Å²) in [4.78, 5) is 6.93. The number of nitrogens with zero attached hydrogens (tertiary/aromatic N) is 3. The third kappa shape index (κ3) is 6.95. The number of likely N-dealkylation sites (tertiary alicyclic amines) is 1. The van der Waals surface area contributed by atoms with Crippen molar-refractivity contribution in [2.75, 3.05) is 39.8 Å². The standard InChI is InChI=1S/C19H35N5/c1-17-14-18(2)16-24(15-17)12-5-4-8-21-19(20-3)22-9-13-23-10-6-7-11-23/h6-7,10-11,17-18H,4-5,8-9,12-16H2,1-3H3,(H2,20,21,22). The molecule has 1 aliphatic rings. The third-order valence-corrected chi connectivity index (χ3v) is 4.69. The third-order valence-electron chi connectivity index (χ3n) is 4.69. The van der Waals surface area contributed by atoms with Crippen LogP contribution in [0.3, 0.4) is 0 Å². The van der Waals surface area contributed by atoms with Crippen LogP contribution in [0.4, 0.5) is 0 Å². The summed E-state index contributed by atoms with van der Waals surface area (Å²) in [5, 5.41) is 6.78. The Bertz CT molecular complexity index is 458. The van der Waals surface area contributed by atoms with Crippen molar-refractivity contribution in [1.82, 2.24) is 20.1 Å². The molecule has 1 aromatic rings. The van der Waals surface area contributed by atoms with E-state index >= 15 is 0 Å². The summed E-state index contributed by atoms with van der Waals surface area (Å²) >= 11 is 0. The lowest BCUT2D eigenvalue weighted by Crippen LogP contribution is -2.40. The first-order chi connectivity index (χ1) is 11.7. The van der Waals surface area contributed by atoms with E-state index in [9.17, 15) is 0 Å². The first-order valence-electron chi connectivity index (χ1n) is 9.45. The summed E-state index contributed by atoms with van der Waals surface area (Å²) < 4.78 is 2.17. The Labute approximate surface area is 147 Å². The lowest BCUT2D eigenvalue weighted by atomic mass is 9.92. The van der Waals surface area contributed by atoms with Crippen LogP contribution in [0.15, 0.2) is 29.5 Å². The Balaban J connectivity index is 1.52. The van der Waals surface area contributed by atoms with E-state index in [2.05, 4.69) is 63.5 Å². The van der Waals surface area contributed by atoms with Crippen molar-refractivity contribution in [3.63, 3.8) is 0 Å². The Morgan fingerprint density at radius 3 is 2.33 bits per heavy atom. The van der Waals surface area contributed by atoms with Gasteiger partial charge in [0.1, 0.15) is 0 Å². The van der Waals surface area contributed by atoms with E-state index < -0.39 is 0 Å². The van der Waals surface area contributed by atoms with Crippen molar-refractivity contribution in [3.8, 4) is 0 Å². The summed E-state index contributed by atoms with van der Waals surface area (Å²) in [5.41, 5.74) is 0. The summed E-state index contributed by atoms with van der Waals surface area (Å²) in [6.45, 7) is 11.4. The van der Waals surface area contributed by atoms with Crippen LogP contribution in [-0.4, -0.2) is 55.2 Å². The highest BCUT2D eigenvalue weighted by Gasteiger charge is 2.20. The Morgan fingerprint density at radius 2 is 1.67 bits per heavy atom. The zero-order valence-corrected chi connectivity index (χ0v) is 15.7. The zero-order valence-electron chi connectivity index (χ0n) is 15.7. The van der Waals surface area contributed by atoms with Crippen LogP contribution in [0.1, 0.15) is 33.1 Å². The molecular formula is C19H35N5. The minimum absolute atomic E-state index is 0.857. The highest BCUT2D eigenvalue weighted by atomic mass is 15.2. The zero-order chi connectivity index (χ0) is 17.2. The minimum Gasteiger partial charge on any atom is -0.356 e. The topological polar surface area (TPSA) is 44.6 Å². The molecule has 1 saturated heterocycles. The predicted molar refractivity (Wildman–Crippen MR) is 102 cm³/mol. The fourth-order valence-electron chi connectivity index (χ4n) is 3.69. The summed E-state index contributed by atoms with van der Waals surface area (Å²) in [6.07, 6.45) is 8.01. The van der Waals surface area contributed by atoms with E-state index in [-0.39, 0.29) is 0 Å². The van der Waals surface area contributed by atoms with Gasteiger partial charge in [0.05, 0.1) is 0 Å². The molecule has 0 radical (unpaired) electrons. The van der Waals surface area contributed by atoms with Crippen LogP contribution in [0, 0.1) is 11.8 Å². The molecule has 0 aromatic carbocycles. The molecule has 2 rings (SSSR count). The summed E-state index contributed by atoms with van der Waals surface area (Å²) in [7, 11) is 1.83. The van der Waals surface area contributed by atoms with Gasteiger partial charge in [-0.15, -0.1) is 0 Å². The van der Waals surface area contributed by atoms with E-state index in [0.29, 0.717) is 0 Å². The summed E-state index contributed by atoms with van der Waals surface area (Å²) in [5.74, 6) is 2.62. The van der Waals surface area contributed by atoms with Crippen LogP contribution < -0.4 is 10.6 Å². The first-order valence-corrected chi connectivity index (χ1v) is 9.45. The maximum atomic E-state index is 4.29. The first kappa shape index (κ1) is 18.8. The number of hydrogen-bond acceptors (Lipinski definition) is 2. The van der Waals surface area contributed by atoms with E-state index in [1.54, 1.807) is 0 Å². The van der Waals surface area contributed by atoms with Crippen molar-refractivity contribution in [3.05, 3.63) is 24.5 Å². The van der Waals surface area contributed by atoms with Gasteiger partial charge >= 0.3 is 0 Å². The lowest BCUT2D eigenvalue weighted by molar-refractivity contribution is 0.139. The molecule has 2 unspecified atom stereocenters. The van der Waals surface area contributed by atoms with Crippen LogP contribution >= 0.6 is 0 Å². The van der Waals surface area contributed by atoms with Crippen LogP contribution in [0.2, 0.25) is 0 Å². The average molecular weight is 334 g/mol. The smallest absolute Gasteiger partial charge is 0.191 e. The van der Waals surface area contributed by atoms with Crippen LogP contribution in [0.25, 0.3) is 0 Å². The molecule has 0 bridgehead atoms. The number of aliphatic imine (C=N–C) groups is 1. The highest BCUT2D eigenvalue weighted by molar-refractivity contribution is 5.79. The predicted octanol–water partition coefficient (Wildman–Crippen LogP) is 2.41. The summed E-state index contributed by atoms with van der Waals surface area (Å²) in [6, 6.07) is 4.10. The number of hydrogen-bond donors (Lipinski definition) is 2. The van der Waals surface area contributed by atoms with Gasteiger partial charge in [0, 0.05) is 52.2 Å². The van der Waals surface area contributed by atoms with Gasteiger partial charge in [0.25, 0.3) is 0 Å². The number of rotatable bonds is 8. The quantitative estimate of drug-likeness (QED) is 0.436. The van der Waals surface area contributed by atoms with Crippen molar-refractivity contribution in [2.24, 2.45) is 16.8 Å². The average Bonchev–Trinajstić information content (AvgIpc) is 3.05. The van der Waals surface area contributed by atoms with E-state index in [1.165, 1.54) is 38.9 Å². The largest absolute Gasteiger partial charge is 0.356 e. The highest BCUT2D eigenvalue weighted by Crippen LogP contribution is 2.20. The molecule has 0 amide bonds. The van der Waals surface area contributed by atoms with Gasteiger partial charge < -0.3 is 20.1 Å². The van der Waals surface area contributed by atoms with Crippen molar-refractivity contribution in [1.29, 1.82) is 0 Å². The Morgan fingerprint density at radius 1 is 1.00 bits per heavy atom. The van der Waals surface area contributed by atoms with Crippen LogP contribution in [0.5, 0.6) is 0 Å². The number of aromatic nitrogens is 1. The van der Waals surface area contributed by atoms with Gasteiger partial charge in [-0.05, 0) is 49.8 Å². The SMILES string of the molecule is CN=C(NCCCCN1CC(C)CC(C)C1)NCCn1cccc1. The van der Waals surface area contributed by atoms with Gasteiger partial charge in [-0.1, -0.05) is 13.8 Å². The van der Waals surface area contributed by atoms with Gasteiger partial charge in [-0.25, -0.2) is 0 Å². The van der Waals surface area contributed by atoms with Gasteiger partial charge in [0.15, 0.2) is 5.96 Å². The van der Waals surface area contributed by atoms with Crippen molar-refractivity contribution >= 4 is 5.96 Å². The second-order valence-corrected chi connectivity index (χ2v) is 7.26. The van der Waals surface area contributed by atoms with Gasteiger partial charge in [-0.3, -0.25) is 4.99 Å². The fraction of sp³-hybridized carbons (Fsp3) is 0.737. The number of guanidine groups is 1. The molecule has 5 heteroatoms. The molecule has 0 aliphatic carbocycles.